The predicted molar refractivity (Wildman–Crippen MR) is 64.7 cm³/mol. The summed E-state index contributed by atoms with van der Waals surface area (Å²) in [5.74, 6) is 0. The van der Waals surface area contributed by atoms with Gasteiger partial charge < -0.3 is 10.0 Å². The van der Waals surface area contributed by atoms with Crippen molar-refractivity contribution in [2.45, 2.75) is 12.5 Å². The Balaban J connectivity index is 2.57. The number of aliphatic hydroxyl groups excluding tert-OH is 1. The van der Waals surface area contributed by atoms with E-state index in [-0.39, 0.29) is 6.10 Å². The average molecular weight is 205 g/mol. The lowest BCUT2D eigenvalue weighted by Gasteiger charge is -2.14. The van der Waals surface area contributed by atoms with Gasteiger partial charge in [0, 0.05) is 6.54 Å². The molecule has 1 rings (SSSR count). The molecule has 1 atom stereocenters. The Morgan fingerprint density at radius 3 is 2.40 bits per heavy atom. The third-order valence-corrected chi connectivity index (χ3v) is 2.41. The van der Waals surface area contributed by atoms with Gasteiger partial charge in [-0.05, 0) is 31.6 Å². The molecule has 0 aliphatic rings. The van der Waals surface area contributed by atoms with Crippen molar-refractivity contribution in [2.24, 2.45) is 0 Å². The lowest BCUT2D eigenvalue weighted by atomic mass is 10.0. The van der Waals surface area contributed by atoms with Gasteiger partial charge in [0.25, 0.3) is 0 Å². The van der Waals surface area contributed by atoms with Crippen molar-refractivity contribution in [3.8, 4) is 0 Å². The summed E-state index contributed by atoms with van der Waals surface area (Å²) in [6.07, 6.45) is 2.20. The van der Waals surface area contributed by atoms with Crippen LogP contribution in [0.15, 0.2) is 30.8 Å². The van der Waals surface area contributed by atoms with Crippen LogP contribution in [0.1, 0.15) is 23.7 Å². The summed E-state index contributed by atoms with van der Waals surface area (Å²) in [5, 5.41) is 9.88. The van der Waals surface area contributed by atoms with Crippen LogP contribution in [0.4, 0.5) is 0 Å². The molecule has 15 heavy (non-hydrogen) atoms. The van der Waals surface area contributed by atoms with Gasteiger partial charge in [0.1, 0.15) is 0 Å². The average Bonchev–Trinajstić information content (AvgIpc) is 2.26. The maximum absolute atomic E-state index is 9.88. The van der Waals surface area contributed by atoms with Crippen molar-refractivity contribution in [1.82, 2.24) is 4.90 Å². The van der Waals surface area contributed by atoms with E-state index in [9.17, 15) is 5.11 Å². The molecule has 0 amide bonds. The molecule has 1 N–H and O–H groups in total. The Bertz CT molecular complexity index is 303. The highest BCUT2D eigenvalue weighted by Crippen LogP contribution is 2.17. The Morgan fingerprint density at radius 1 is 1.33 bits per heavy atom. The molecule has 1 aromatic carbocycles. The van der Waals surface area contributed by atoms with Crippen LogP contribution in [0.3, 0.4) is 0 Å². The minimum absolute atomic E-state index is 0.369. The minimum Gasteiger partial charge on any atom is -0.388 e. The molecule has 1 unspecified atom stereocenters. The fourth-order valence-electron chi connectivity index (χ4n) is 1.40. The van der Waals surface area contributed by atoms with E-state index in [2.05, 4.69) is 11.5 Å². The second-order valence-electron chi connectivity index (χ2n) is 3.98. The van der Waals surface area contributed by atoms with E-state index >= 15 is 0 Å². The van der Waals surface area contributed by atoms with Crippen LogP contribution < -0.4 is 0 Å². The van der Waals surface area contributed by atoms with Gasteiger partial charge in [-0.2, -0.15) is 0 Å². The number of hydrogen-bond donors (Lipinski definition) is 1. The summed E-state index contributed by atoms with van der Waals surface area (Å²) >= 11 is 0. The highest BCUT2D eigenvalue weighted by molar-refractivity contribution is 5.47. The highest BCUT2D eigenvalue weighted by atomic mass is 16.3. The second-order valence-corrected chi connectivity index (χ2v) is 3.98. The molecule has 1 aromatic rings. The largest absolute Gasteiger partial charge is 0.388 e. The fourth-order valence-corrected chi connectivity index (χ4v) is 1.40. The summed E-state index contributed by atoms with van der Waals surface area (Å²) in [4.78, 5) is 2.07. The van der Waals surface area contributed by atoms with Gasteiger partial charge in [0.05, 0.1) is 6.10 Å². The molecular weight excluding hydrogens is 186 g/mol. The lowest BCUT2D eigenvalue weighted by Crippen LogP contribution is -2.15. The molecule has 0 saturated carbocycles. The van der Waals surface area contributed by atoms with Crippen LogP contribution in [0.2, 0.25) is 0 Å². The lowest BCUT2D eigenvalue weighted by molar-refractivity contribution is 0.154. The third-order valence-electron chi connectivity index (χ3n) is 2.41. The number of nitrogens with zero attached hydrogens (tertiary/aromatic N) is 1. The van der Waals surface area contributed by atoms with Gasteiger partial charge in [0.2, 0.25) is 0 Å². The minimum atomic E-state index is -0.369. The summed E-state index contributed by atoms with van der Waals surface area (Å²) in [6.45, 7) is 4.59. The number of rotatable bonds is 5. The van der Waals surface area contributed by atoms with E-state index in [0.717, 1.165) is 24.1 Å². The van der Waals surface area contributed by atoms with Crippen molar-refractivity contribution in [3.05, 3.63) is 42.0 Å². The van der Waals surface area contributed by atoms with E-state index < -0.39 is 0 Å². The smallest absolute Gasteiger partial charge is 0.0802 e. The predicted octanol–water partition coefficient (Wildman–Crippen LogP) is 2.31. The van der Waals surface area contributed by atoms with Crippen LogP contribution in [0, 0.1) is 0 Å². The standard InChI is InChI=1S/C13H19NO/c1-4-11-5-7-12(8-6-11)13(15)9-10-14(2)3/h4-8,13,15H,1,9-10H2,2-3H3. The maximum Gasteiger partial charge on any atom is 0.0802 e. The molecule has 0 spiro atoms. The molecule has 2 nitrogen and oxygen atoms in total. The molecule has 2 heteroatoms. The molecule has 0 aliphatic carbocycles. The zero-order valence-electron chi connectivity index (χ0n) is 9.48. The van der Waals surface area contributed by atoms with Crippen molar-refractivity contribution >= 4 is 6.08 Å². The van der Waals surface area contributed by atoms with Gasteiger partial charge in [-0.15, -0.1) is 0 Å². The van der Waals surface area contributed by atoms with Gasteiger partial charge in [-0.3, -0.25) is 0 Å². The van der Waals surface area contributed by atoms with Crippen molar-refractivity contribution in [2.75, 3.05) is 20.6 Å². The van der Waals surface area contributed by atoms with Crippen LogP contribution in [-0.4, -0.2) is 30.6 Å². The molecule has 0 saturated heterocycles. The van der Waals surface area contributed by atoms with E-state index in [4.69, 9.17) is 0 Å². The molecule has 0 heterocycles. The van der Waals surface area contributed by atoms with Gasteiger partial charge in [0.15, 0.2) is 0 Å². The summed E-state index contributed by atoms with van der Waals surface area (Å²) < 4.78 is 0. The Labute approximate surface area is 91.9 Å². The molecule has 82 valence electrons. The highest BCUT2D eigenvalue weighted by Gasteiger charge is 2.06. The van der Waals surface area contributed by atoms with E-state index in [0.29, 0.717) is 0 Å². The van der Waals surface area contributed by atoms with Crippen LogP contribution >= 0.6 is 0 Å². The first-order chi connectivity index (χ1) is 7.13. The normalized spacial score (nSPS) is 12.8. The van der Waals surface area contributed by atoms with Gasteiger partial charge >= 0.3 is 0 Å². The summed E-state index contributed by atoms with van der Waals surface area (Å²) in [6, 6.07) is 7.86. The van der Waals surface area contributed by atoms with Gasteiger partial charge in [-0.25, -0.2) is 0 Å². The Hall–Kier alpha value is -1.12. The van der Waals surface area contributed by atoms with Crippen LogP contribution in [-0.2, 0) is 0 Å². The monoisotopic (exact) mass is 205 g/mol. The summed E-state index contributed by atoms with van der Waals surface area (Å²) in [5.41, 5.74) is 2.06. The Morgan fingerprint density at radius 2 is 1.93 bits per heavy atom. The topological polar surface area (TPSA) is 23.5 Å². The third kappa shape index (κ3) is 3.86. The SMILES string of the molecule is C=Cc1ccc(C(O)CCN(C)C)cc1. The molecule has 0 radical (unpaired) electrons. The van der Waals surface area contributed by atoms with Crippen LogP contribution in [0.5, 0.6) is 0 Å². The van der Waals surface area contributed by atoms with Crippen molar-refractivity contribution in [1.29, 1.82) is 0 Å². The van der Waals surface area contributed by atoms with Crippen molar-refractivity contribution in [3.63, 3.8) is 0 Å². The molecule has 0 aliphatic heterocycles. The summed E-state index contributed by atoms with van der Waals surface area (Å²) in [7, 11) is 4.01. The first-order valence-corrected chi connectivity index (χ1v) is 5.18. The van der Waals surface area contributed by atoms with E-state index in [1.807, 2.05) is 38.4 Å². The fraction of sp³-hybridized carbons (Fsp3) is 0.385. The zero-order valence-corrected chi connectivity index (χ0v) is 9.48. The molecular formula is C13H19NO. The zero-order chi connectivity index (χ0) is 11.3. The Kier molecular flexibility index (Phi) is 4.53. The molecule has 0 bridgehead atoms. The number of aliphatic hydroxyl groups is 1. The molecule has 0 aromatic heterocycles. The van der Waals surface area contributed by atoms with Crippen LogP contribution in [0.25, 0.3) is 6.08 Å². The molecule has 0 fully saturated rings. The van der Waals surface area contributed by atoms with E-state index in [1.54, 1.807) is 6.08 Å². The van der Waals surface area contributed by atoms with E-state index in [1.165, 1.54) is 0 Å². The number of benzene rings is 1. The quantitative estimate of drug-likeness (QED) is 0.797. The maximum atomic E-state index is 9.88. The number of hydrogen-bond acceptors (Lipinski definition) is 2. The van der Waals surface area contributed by atoms with Gasteiger partial charge in [-0.1, -0.05) is 36.9 Å². The first kappa shape index (κ1) is 12.0. The second kappa shape index (κ2) is 5.69. The first-order valence-electron chi connectivity index (χ1n) is 5.18. The van der Waals surface area contributed by atoms with Crippen molar-refractivity contribution < 1.29 is 5.11 Å².